The maximum absolute atomic E-state index is 12.4. The summed E-state index contributed by atoms with van der Waals surface area (Å²) in [6, 6.07) is 5.20. The number of rotatable bonds is 6. The van der Waals surface area contributed by atoms with Gasteiger partial charge in [-0.15, -0.1) is 0 Å². The van der Waals surface area contributed by atoms with E-state index in [0.717, 1.165) is 49.6 Å². The Hall–Kier alpha value is -2.34. The molecule has 1 aliphatic rings. The molecule has 1 fully saturated rings. The number of carbonyl (C=O) groups is 1. The van der Waals surface area contributed by atoms with Gasteiger partial charge in [-0.3, -0.25) is 9.78 Å². The van der Waals surface area contributed by atoms with Crippen LogP contribution in [0.4, 0.5) is 11.5 Å². The van der Waals surface area contributed by atoms with Crippen LogP contribution in [0.5, 0.6) is 5.75 Å². The van der Waals surface area contributed by atoms with Crippen molar-refractivity contribution in [3.05, 3.63) is 40.8 Å². The highest BCUT2D eigenvalue weighted by atomic mass is 35.5. The van der Waals surface area contributed by atoms with E-state index in [1.165, 1.54) is 0 Å². The number of aromatic nitrogens is 2. The number of carbonyl (C=O) groups excluding carboxylic acids is 1. The number of amides is 1. The molecule has 2 aromatic rings. The van der Waals surface area contributed by atoms with Gasteiger partial charge >= 0.3 is 0 Å². The summed E-state index contributed by atoms with van der Waals surface area (Å²) in [5.74, 6) is 2.01. The number of aryl methyl sites for hydroxylation is 2. The highest BCUT2D eigenvalue weighted by Crippen LogP contribution is 2.29. The zero-order valence-corrected chi connectivity index (χ0v) is 17.4. The monoisotopic (exact) mass is 402 g/mol. The second kappa shape index (κ2) is 9.24. The molecule has 7 heteroatoms. The van der Waals surface area contributed by atoms with Crippen molar-refractivity contribution in [1.29, 1.82) is 0 Å². The lowest BCUT2D eigenvalue weighted by Crippen LogP contribution is -2.37. The lowest BCUT2D eigenvalue weighted by atomic mass is 9.93. The van der Waals surface area contributed by atoms with E-state index in [4.69, 9.17) is 16.3 Å². The highest BCUT2D eigenvalue weighted by molar-refractivity contribution is 6.31. The first-order valence-electron chi connectivity index (χ1n) is 9.65. The van der Waals surface area contributed by atoms with Crippen LogP contribution in [0.3, 0.4) is 0 Å². The molecule has 1 saturated heterocycles. The van der Waals surface area contributed by atoms with Crippen LogP contribution in [-0.2, 0) is 4.79 Å². The van der Waals surface area contributed by atoms with E-state index < -0.39 is 0 Å². The van der Waals surface area contributed by atoms with Crippen LogP contribution >= 0.6 is 11.6 Å². The summed E-state index contributed by atoms with van der Waals surface area (Å²) in [5, 5.41) is 3.48. The summed E-state index contributed by atoms with van der Waals surface area (Å²) < 4.78 is 5.29. The molecule has 1 unspecified atom stereocenters. The molecule has 0 saturated carbocycles. The fourth-order valence-electron chi connectivity index (χ4n) is 3.64. The normalized spacial score (nSPS) is 16.7. The van der Waals surface area contributed by atoms with Crippen molar-refractivity contribution in [3.63, 3.8) is 0 Å². The maximum atomic E-state index is 12.4. The molecule has 1 atom stereocenters. The van der Waals surface area contributed by atoms with Gasteiger partial charge in [0.15, 0.2) is 0 Å². The molecule has 3 rings (SSSR count). The summed E-state index contributed by atoms with van der Waals surface area (Å²) in [5.41, 5.74) is 2.49. The number of nitrogens with zero attached hydrogens (tertiary/aromatic N) is 3. The van der Waals surface area contributed by atoms with E-state index >= 15 is 0 Å². The first-order chi connectivity index (χ1) is 13.5. The number of nitrogens with one attached hydrogen (secondary N) is 1. The molecule has 1 aromatic carbocycles. The van der Waals surface area contributed by atoms with Crippen molar-refractivity contribution in [1.82, 2.24) is 9.97 Å². The molecule has 0 spiro atoms. The first-order valence-corrected chi connectivity index (χ1v) is 10.0. The number of methoxy groups -OCH3 is 1. The molecular weight excluding hydrogens is 376 g/mol. The summed E-state index contributed by atoms with van der Waals surface area (Å²) in [4.78, 5) is 23.8. The van der Waals surface area contributed by atoms with E-state index in [9.17, 15) is 4.79 Å². The smallest absolute Gasteiger partial charge is 0.224 e. The minimum absolute atomic E-state index is 0.0239. The largest absolute Gasteiger partial charge is 0.495 e. The van der Waals surface area contributed by atoms with Crippen molar-refractivity contribution >= 4 is 29.0 Å². The van der Waals surface area contributed by atoms with Crippen LogP contribution < -0.4 is 15.0 Å². The van der Waals surface area contributed by atoms with Crippen LogP contribution in [0.1, 0.15) is 37.1 Å². The van der Waals surface area contributed by atoms with Crippen LogP contribution in [0.15, 0.2) is 24.4 Å². The van der Waals surface area contributed by atoms with Gasteiger partial charge in [0.2, 0.25) is 5.91 Å². The molecule has 0 radical (unpaired) electrons. The third-order valence-electron chi connectivity index (χ3n) is 5.08. The molecule has 1 aliphatic heterocycles. The summed E-state index contributed by atoms with van der Waals surface area (Å²) in [6.45, 7) is 5.86. The number of piperidine rings is 1. The van der Waals surface area contributed by atoms with Crippen molar-refractivity contribution in [3.8, 4) is 5.75 Å². The molecule has 1 amide bonds. The molecule has 28 heavy (non-hydrogen) atoms. The highest BCUT2D eigenvalue weighted by Gasteiger charge is 2.23. The zero-order chi connectivity index (χ0) is 20.1. The minimum Gasteiger partial charge on any atom is -0.495 e. The zero-order valence-electron chi connectivity index (χ0n) is 16.7. The molecule has 0 bridgehead atoms. The number of anilines is 2. The van der Waals surface area contributed by atoms with Crippen LogP contribution in [0, 0.1) is 19.8 Å². The van der Waals surface area contributed by atoms with Crippen molar-refractivity contribution in [2.45, 2.75) is 39.5 Å². The number of hydrogen-bond donors (Lipinski definition) is 1. The van der Waals surface area contributed by atoms with Gasteiger partial charge in [0.25, 0.3) is 0 Å². The van der Waals surface area contributed by atoms with Gasteiger partial charge in [-0.05, 0) is 57.2 Å². The Morgan fingerprint density at radius 2 is 2.21 bits per heavy atom. The Morgan fingerprint density at radius 3 is 3.00 bits per heavy atom. The number of ether oxygens (including phenoxy) is 1. The summed E-state index contributed by atoms with van der Waals surface area (Å²) in [6.07, 6.45) is 5.33. The van der Waals surface area contributed by atoms with Crippen molar-refractivity contribution < 1.29 is 9.53 Å². The lowest BCUT2D eigenvalue weighted by molar-refractivity contribution is -0.116. The Labute approximate surface area is 171 Å². The average Bonchev–Trinajstić information content (AvgIpc) is 2.69. The average molecular weight is 403 g/mol. The third-order valence-corrected chi connectivity index (χ3v) is 5.32. The maximum Gasteiger partial charge on any atom is 0.224 e. The third kappa shape index (κ3) is 5.13. The molecular formula is C21H27ClN4O2. The van der Waals surface area contributed by atoms with Gasteiger partial charge in [0, 0.05) is 30.7 Å². The van der Waals surface area contributed by atoms with E-state index in [-0.39, 0.29) is 5.91 Å². The predicted molar refractivity (Wildman–Crippen MR) is 112 cm³/mol. The van der Waals surface area contributed by atoms with Crippen LogP contribution in [-0.4, -0.2) is 36.1 Å². The standard InChI is InChI=1S/C21H27ClN4O2/c1-14-12-23-15(2)21(24-14)26-10-4-5-16(13-26)6-9-20(27)25-18-11-17(22)7-8-19(18)28-3/h7-8,11-12,16H,4-6,9-10,13H2,1-3H3,(H,25,27). The van der Waals surface area contributed by atoms with E-state index in [1.54, 1.807) is 31.5 Å². The van der Waals surface area contributed by atoms with Gasteiger partial charge in [-0.1, -0.05) is 11.6 Å². The minimum atomic E-state index is -0.0239. The van der Waals surface area contributed by atoms with E-state index in [2.05, 4.69) is 20.2 Å². The Balaban J connectivity index is 1.56. The van der Waals surface area contributed by atoms with Gasteiger partial charge < -0.3 is 15.0 Å². The van der Waals surface area contributed by atoms with Crippen molar-refractivity contribution in [2.24, 2.45) is 5.92 Å². The van der Waals surface area contributed by atoms with Gasteiger partial charge in [0.1, 0.15) is 11.6 Å². The van der Waals surface area contributed by atoms with Crippen molar-refractivity contribution in [2.75, 3.05) is 30.4 Å². The quantitative estimate of drug-likeness (QED) is 0.776. The Kier molecular flexibility index (Phi) is 6.73. The number of hydrogen-bond acceptors (Lipinski definition) is 5. The lowest BCUT2D eigenvalue weighted by Gasteiger charge is -2.34. The second-order valence-corrected chi connectivity index (χ2v) is 7.74. The number of benzene rings is 1. The molecule has 2 heterocycles. The van der Waals surface area contributed by atoms with Gasteiger partial charge in [-0.25, -0.2) is 4.98 Å². The Bertz CT molecular complexity index is 843. The molecule has 0 aliphatic carbocycles. The summed E-state index contributed by atoms with van der Waals surface area (Å²) in [7, 11) is 1.58. The van der Waals surface area contributed by atoms with Crippen LogP contribution in [0.25, 0.3) is 0 Å². The van der Waals surface area contributed by atoms with E-state index in [1.807, 2.05) is 13.8 Å². The van der Waals surface area contributed by atoms with Gasteiger partial charge in [-0.2, -0.15) is 0 Å². The van der Waals surface area contributed by atoms with Gasteiger partial charge in [0.05, 0.1) is 24.2 Å². The first kappa shape index (κ1) is 20.4. The second-order valence-electron chi connectivity index (χ2n) is 7.31. The fraction of sp³-hybridized carbons (Fsp3) is 0.476. The fourth-order valence-corrected chi connectivity index (χ4v) is 3.82. The molecule has 1 aromatic heterocycles. The van der Waals surface area contributed by atoms with E-state index in [0.29, 0.717) is 28.8 Å². The van der Waals surface area contributed by atoms with Crippen LogP contribution in [0.2, 0.25) is 5.02 Å². The topological polar surface area (TPSA) is 67.3 Å². The summed E-state index contributed by atoms with van der Waals surface area (Å²) >= 11 is 6.03. The predicted octanol–water partition coefficient (Wildman–Crippen LogP) is 4.39. The molecule has 1 N–H and O–H groups in total. The number of halogens is 1. The SMILES string of the molecule is COc1ccc(Cl)cc1NC(=O)CCC1CCCN(c2nc(C)cnc2C)C1. The Morgan fingerprint density at radius 1 is 1.39 bits per heavy atom. The molecule has 6 nitrogen and oxygen atoms in total. The molecule has 150 valence electrons.